The van der Waals surface area contributed by atoms with Crippen molar-refractivity contribution in [1.29, 1.82) is 0 Å². The van der Waals surface area contributed by atoms with Gasteiger partial charge in [0.15, 0.2) is 0 Å². The Morgan fingerprint density at radius 1 is 1.25 bits per heavy atom. The third kappa shape index (κ3) is 3.34. The number of amides is 2. The van der Waals surface area contributed by atoms with E-state index < -0.39 is 0 Å². The number of carbonyl (C=O) groups excluding carboxylic acids is 1. The molecule has 28 heavy (non-hydrogen) atoms. The van der Waals surface area contributed by atoms with E-state index >= 15 is 0 Å². The number of hydrogen-bond donors (Lipinski definition) is 1. The van der Waals surface area contributed by atoms with Gasteiger partial charge in [0, 0.05) is 67.8 Å². The largest absolute Gasteiger partial charge is 0.377 e. The number of rotatable bonds is 3. The molecule has 0 aromatic carbocycles. The normalized spacial score (nSPS) is 28.9. The first kappa shape index (κ1) is 19.4. The summed E-state index contributed by atoms with van der Waals surface area (Å²) in [5.74, 6) is 2.64. The molecule has 2 aliphatic heterocycles. The second-order valence-electron chi connectivity index (χ2n) is 9.35. The summed E-state index contributed by atoms with van der Waals surface area (Å²) in [6.45, 7) is 14.5. The zero-order valence-corrected chi connectivity index (χ0v) is 17.7. The van der Waals surface area contributed by atoms with Gasteiger partial charge in [-0.2, -0.15) is 0 Å². The van der Waals surface area contributed by atoms with Crippen LogP contribution in [-0.2, 0) is 4.74 Å². The summed E-state index contributed by atoms with van der Waals surface area (Å²) in [7, 11) is 0. The van der Waals surface area contributed by atoms with Crippen LogP contribution in [0, 0.1) is 18.3 Å². The second kappa shape index (κ2) is 7.17. The third-order valence-corrected chi connectivity index (χ3v) is 6.64. The number of nitrogens with one attached hydrogen (secondary N) is 1. The highest BCUT2D eigenvalue weighted by atomic mass is 16.5. The van der Waals surface area contributed by atoms with Crippen molar-refractivity contribution in [3.8, 4) is 0 Å². The zero-order valence-electron chi connectivity index (χ0n) is 17.7. The summed E-state index contributed by atoms with van der Waals surface area (Å²) < 4.78 is 5.84. The Morgan fingerprint density at radius 3 is 2.64 bits per heavy atom. The van der Waals surface area contributed by atoms with Crippen molar-refractivity contribution < 1.29 is 9.53 Å². The van der Waals surface area contributed by atoms with Crippen LogP contribution >= 0.6 is 0 Å². The van der Waals surface area contributed by atoms with Crippen LogP contribution in [0.4, 0.5) is 10.6 Å². The highest BCUT2D eigenvalue weighted by Crippen LogP contribution is 2.52. The van der Waals surface area contributed by atoms with Crippen LogP contribution in [0.15, 0.2) is 6.07 Å². The van der Waals surface area contributed by atoms with Crippen molar-refractivity contribution in [2.75, 3.05) is 37.7 Å². The molecule has 2 saturated heterocycles. The number of urea groups is 1. The molecule has 3 atom stereocenters. The lowest BCUT2D eigenvalue weighted by Gasteiger charge is -2.55. The summed E-state index contributed by atoms with van der Waals surface area (Å²) >= 11 is 0. The topological polar surface area (TPSA) is 70.6 Å². The van der Waals surface area contributed by atoms with Crippen LogP contribution in [-0.4, -0.2) is 65.8 Å². The number of hydrogen-bond acceptors (Lipinski definition) is 5. The molecule has 0 radical (unpaired) electrons. The van der Waals surface area contributed by atoms with Gasteiger partial charge in [0.05, 0.1) is 6.10 Å². The molecule has 0 bridgehead atoms. The molecule has 2 amide bonds. The predicted octanol–water partition coefficient (Wildman–Crippen LogP) is 2.55. The van der Waals surface area contributed by atoms with E-state index in [0.717, 1.165) is 43.5 Å². The second-order valence-corrected chi connectivity index (χ2v) is 9.35. The summed E-state index contributed by atoms with van der Waals surface area (Å²) in [6.07, 6.45) is 1.35. The van der Waals surface area contributed by atoms with E-state index in [4.69, 9.17) is 9.72 Å². The minimum atomic E-state index is 0.0182. The number of piperazine rings is 1. The minimum Gasteiger partial charge on any atom is -0.377 e. The third-order valence-electron chi connectivity index (χ3n) is 6.64. The summed E-state index contributed by atoms with van der Waals surface area (Å²) in [4.78, 5) is 26.3. The number of fused-ring (bicyclic) bond motifs is 1. The van der Waals surface area contributed by atoms with Gasteiger partial charge in [-0.3, -0.25) is 0 Å². The van der Waals surface area contributed by atoms with Gasteiger partial charge in [0.1, 0.15) is 11.6 Å². The van der Waals surface area contributed by atoms with E-state index in [1.54, 1.807) is 0 Å². The molecular weight excluding hydrogens is 354 g/mol. The smallest absolute Gasteiger partial charge is 0.317 e. The molecule has 3 aliphatic rings. The van der Waals surface area contributed by atoms with Crippen molar-refractivity contribution in [1.82, 2.24) is 20.2 Å². The Balaban J connectivity index is 1.35. The van der Waals surface area contributed by atoms with Crippen LogP contribution in [0.1, 0.15) is 51.6 Å². The van der Waals surface area contributed by atoms with Gasteiger partial charge in [0.25, 0.3) is 0 Å². The number of ether oxygens (including phenoxy) is 1. The molecule has 1 saturated carbocycles. The molecule has 1 aromatic rings. The van der Waals surface area contributed by atoms with E-state index in [2.05, 4.69) is 42.9 Å². The van der Waals surface area contributed by atoms with Gasteiger partial charge in [0.2, 0.25) is 0 Å². The molecule has 7 heteroatoms. The van der Waals surface area contributed by atoms with E-state index in [1.165, 1.54) is 0 Å². The lowest BCUT2D eigenvalue weighted by molar-refractivity contribution is -0.109. The van der Waals surface area contributed by atoms with Gasteiger partial charge >= 0.3 is 6.03 Å². The average molecular weight is 388 g/mol. The maximum atomic E-state index is 12.8. The van der Waals surface area contributed by atoms with Crippen LogP contribution in [0.5, 0.6) is 0 Å². The quantitative estimate of drug-likeness (QED) is 0.863. The average Bonchev–Trinajstić information content (AvgIpc) is 3.13. The van der Waals surface area contributed by atoms with Gasteiger partial charge in [-0.05, 0) is 13.3 Å². The predicted molar refractivity (Wildman–Crippen MR) is 109 cm³/mol. The highest BCUT2D eigenvalue weighted by Gasteiger charge is 2.60. The lowest BCUT2D eigenvalue weighted by Crippen LogP contribution is -2.68. The Hall–Kier alpha value is -1.89. The summed E-state index contributed by atoms with van der Waals surface area (Å²) in [6, 6.07) is 2.31. The number of carbonyl (C=O) groups is 1. The fraction of sp³-hybridized carbons (Fsp3) is 0.762. The molecule has 1 N–H and O–H groups in total. The lowest BCUT2D eigenvalue weighted by atomic mass is 9.57. The fourth-order valence-corrected chi connectivity index (χ4v) is 4.97. The number of anilines is 1. The summed E-state index contributed by atoms with van der Waals surface area (Å²) in [5, 5.41) is 3.30. The van der Waals surface area contributed by atoms with Crippen molar-refractivity contribution in [3.05, 3.63) is 17.6 Å². The fourth-order valence-electron chi connectivity index (χ4n) is 4.97. The summed E-state index contributed by atoms with van der Waals surface area (Å²) in [5.41, 5.74) is 1.01. The molecule has 0 unspecified atom stereocenters. The molecular formula is C21H33N5O2. The standard InChI is InChI=1S/C21H33N5O2/c1-13(2)19-22-14(3)12-16(23-19)25-7-9-26(10-8-25)20(27)24-17-15-6-11-28-18(15)21(17,4)5/h12-13,15,17-18H,6-11H2,1-5H3,(H,24,27)/t15-,17-,18-/m1/s1. The maximum absolute atomic E-state index is 12.8. The van der Waals surface area contributed by atoms with Crippen molar-refractivity contribution in [3.63, 3.8) is 0 Å². The molecule has 1 aromatic heterocycles. The molecule has 3 fully saturated rings. The monoisotopic (exact) mass is 387 g/mol. The van der Waals surface area contributed by atoms with Gasteiger partial charge in [-0.15, -0.1) is 0 Å². The minimum absolute atomic E-state index is 0.0182. The van der Waals surface area contributed by atoms with Crippen LogP contribution in [0.2, 0.25) is 0 Å². The molecule has 0 spiro atoms. The van der Waals surface area contributed by atoms with Crippen LogP contribution < -0.4 is 10.2 Å². The van der Waals surface area contributed by atoms with Gasteiger partial charge in [-0.25, -0.2) is 14.8 Å². The molecule has 154 valence electrons. The van der Waals surface area contributed by atoms with E-state index in [9.17, 15) is 4.79 Å². The Morgan fingerprint density at radius 2 is 1.96 bits per heavy atom. The number of aryl methyl sites for hydroxylation is 1. The maximum Gasteiger partial charge on any atom is 0.317 e. The Labute approximate surface area is 167 Å². The SMILES string of the molecule is Cc1cc(N2CCN(C(=O)N[C@@H]3[C@H]4CCO[C@H]4C3(C)C)CC2)nc(C(C)C)n1. The first-order chi connectivity index (χ1) is 13.3. The number of nitrogens with zero attached hydrogens (tertiary/aromatic N) is 4. The van der Waals surface area contributed by atoms with Gasteiger partial charge in [-0.1, -0.05) is 27.7 Å². The van der Waals surface area contributed by atoms with E-state index in [0.29, 0.717) is 31.0 Å². The molecule has 1 aliphatic carbocycles. The first-order valence-corrected chi connectivity index (χ1v) is 10.5. The molecule has 4 rings (SSSR count). The van der Waals surface area contributed by atoms with Crippen molar-refractivity contribution in [2.24, 2.45) is 11.3 Å². The van der Waals surface area contributed by atoms with Crippen LogP contribution in [0.3, 0.4) is 0 Å². The highest BCUT2D eigenvalue weighted by molar-refractivity contribution is 5.75. The van der Waals surface area contributed by atoms with Crippen LogP contribution in [0.25, 0.3) is 0 Å². The molecule has 7 nitrogen and oxygen atoms in total. The van der Waals surface area contributed by atoms with Crippen molar-refractivity contribution >= 4 is 11.8 Å². The zero-order chi connectivity index (χ0) is 20.1. The molecule has 3 heterocycles. The van der Waals surface area contributed by atoms with E-state index in [1.807, 2.05) is 17.9 Å². The first-order valence-electron chi connectivity index (χ1n) is 10.5. The van der Waals surface area contributed by atoms with Crippen molar-refractivity contribution in [2.45, 2.75) is 59.1 Å². The van der Waals surface area contributed by atoms with Gasteiger partial charge < -0.3 is 19.9 Å². The Kier molecular flexibility index (Phi) is 4.98. The number of aromatic nitrogens is 2. The Bertz CT molecular complexity index is 742. The van der Waals surface area contributed by atoms with E-state index in [-0.39, 0.29) is 17.5 Å².